The number of carbonyl (C=O) groups is 2. The van der Waals surface area contributed by atoms with Crippen LogP contribution in [-0.2, 0) is 4.79 Å². The number of hydrogen-bond donors (Lipinski definition) is 1. The van der Waals surface area contributed by atoms with Crippen LogP contribution in [0.25, 0.3) is 0 Å². The number of anilines is 1. The zero-order valence-electron chi connectivity index (χ0n) is 15.5. The first-order valence-corrected chi connectivity index (χ1v) is 10.1. The quantitative estimate of drug-likeness (QED) is 0.876. The molecule has 3 amide bonds. The standard InChI is InChI=1S/C21H29N3O2/c25-19-21(12-7-14-24(19)18-10-5-2-6-11-18)13-15-23(16-21)20(26)22-17-8-3-1-4-9-17/h1,3-4,8-9,18H,2,5-7,10-16H2,(H,22,26)/t21-/m1/s1. The fourth-order valence-electron chi connectivity index (χ4n) is 4.99. The van der Waals surface area contributed by atoms with Crippen molar-refractivity contribution in [1.82, 2.24) is 9.80 Å². The smallest absolute Gasteiger partial charge is 0.321 e. The zero-order valence-corrected chi connectivity index (χ0v) is 15.5. The van der Waals surface area contributed by atoms with Gasteiger partial charge in [0.25, 0.3) is 0 Å². The average Bonchev–Trinajstić information content (AvgIpc) is 3.11. The molecule has 140 valence electrons. The summed E-state index contributed by atoms with van der Waals surface area (Å²) in [7, 11) is 0. The van der Waals surface area contributed by atoms with Crippen molar-refractivity contribution in [2.24, 2.45) is 5.41 Å². The number of rotatable bonds is 2. The molecule has 1 atom stereocenters. The SMILES string of the molecule is O=C(Nc1ccccc1)N1CC[C@]2(CCCN(C3CCCCC3)C2=O)C1. The van der Waals surface area contributed by atoms with E-state index in [1.165, 1.54) is 19.3 Å². The molecule has 2 saturated heterocycles. The van der Waals surface area contributed by atoms with Gasteiger partial charge in [-0.2, -0.15) is 0 Å². The van der Waals surface area contributed by atoms with Crippen molar-refractivity contribution in [1.29, 1.82) is 0 Å². The maximum absolute atomic E-state index is 13.3. The monoisotopic (exact) mass is 355 g/mol. The second-order valence-corrected chi connectivity index (χ2v) is 8.14. The predicted octanol–water partition coefficient (Wildman–Crippen LogP) is 3.87. The van der Waals surface area contributed by atoms with Gasteiger partial charge in [-0.25, -0.2) is 4.79 Å². The minimum Gasteiger partial charge on any atom is -0.339 e. The third kappa shape index (κ3) is 3.31. The van der Waals surface area contributed by atoms with Gasteiger partial charge in [-0.15, -0.1) is 0 Å². The Morgan fingerprint density at radius 2 is 1.77 bits per heavy atom. The number of nitrogens with one attached hydrogen (secondary N) is 1. The molecule has 26 heavy (non-hydrogen) atoms. The Balaban J connectivity index is 1.42. The lowest BCUT2D eigenvalue weighted by Crippen LogP contribution is -2.54. The molecule has 1 aromatic rings. The Kier molecular flexibility index (Phi) is 4.88. The van der Waals surface area contributed by atoms with Gasteiger partial charge < -0.3 is 15.1 Å². The summed E-state index contributed by atoms with van der Waals surface area (Å²) in [5.74, 6) is 0.311. The van der Waals surface area contributed by atoms with E-state index < -0.39 is 0 Å². The Bertz CT molecular complexity index is 656. The Morgan fingerprint density at radius 3 is 2.54 bits per heavy atom. The fraction of sp³-hybridized carbons (Fsp3) is 0.619. The topological polar surface area (TPSA) is 52.7 Å². The van der Waals surface area contributed by atoms with Gasteiger partial charge in [0.05, 0.1) is 5.41 Å². The molecule has 1 aliphatic carbocycles. The van der Waals surface area contributed by atoms with Gasteiger partial charge in [-0.05, 0) is 44.2 Å². The van der Waals surface area contributed by atoms with Crippen LogP contribution in [0, 0.1) is 5.41 Å². The molecule has 3 aliphatic rings. The highest BCUT2D eigenvalue weighted by Gasteiger charge is 2.50. The summed E-state index contributed by atoms with van der Waals surface area (Å²) in [6.07, 6.45) is 8.88. The van der Waals surface area contributed by atoms with Gasteiger partial charge in [0.2, 0.25) is 5.91 Å². The van der Waals surface area contributed by atoms with Gasteiger partial charge in [-0.1, -0.05) is 37.5 Å². The van der Waals surface area contributed by atoms with E-state index in [0.717, 1.165) is 44.3 Å². The van der Waals surface area contributed by atoms with E-state index in [0.29, 0.717) is 25.0 Å². The second-order valence-electron chi connectivity index (χ2n) is 8.14. The second kappa shape index (κ2) is 7.29. The summed E-state index contributed by atoms with van der Waals surface area (Å²) in [5, 5.41) is 2.96. The minimum absolute atomic E-state index is 0.0873. The number of amides is 3. The number of piperidine rings is 1. The van der Waals surface area contributed by atoms with E-state index in [4.69, 9.17) is 0 Å². The van der Waals surface area contributed by atoms with E-state index in [2.05, 4.69) is 10.2 Å². The summed E-state index contributed by atoms with van der Waals surface area (Å²) in [6.45, 7) is 2.14. The van der Waals surface area contributed by atoms with Crippen LogP contribution in [0.1, 0.15) is 51.4 Å². The normalized spacial score (nSPS) is 27.2. The molecule has 1 aromatic carbocycles. The third-order valence-electron chi connectivity index (χ3n) is 6.45. The summed E-state index contributed by atoms with van der Waals surface area (Å²) in [4.78, 5) is 30.0. The molecule has 0 bridgehead atoms. The number of hydrogen-bond acceptors (Lipinski definition) is 2. The number of carbonyl (C=O) groups excluding carboxylic acids is 2. The van der Waals surface area contributed by atoms with Crippen LogP contribution in [0.3, 0.4) is 0 Å². The lowest BCUT2D eigenvalue weighted by molar-refractivity contribution is -0.149. The van der Waals surface area contributed by atoms with Crippen molar-refractivity contribution in [3.8, 4) is 0 Å². The van der Waals surface area contributed by atoms with Gasteiger partial charge in [0.1, 0.15) is 0 Å². The molecule has 0 aromatic heterocycles. The molecule has 5 heteroatoms. The Morgan fingerprint density at radius 1 is 1.00 bits per heavy atom. The number of urea groups is 1. The van der Waals surface area contributed by atoms with Crippen LogP contribution in [0.5, 0.6) is 0 Å². The zero-order chi connectivity index (χ0) is 18.0. The molecule has 5 nitrogen and oxygen atoms in total. The number of likely N-dealkylation sites (tertiary alicyclic amines) is 2. The summed E-state index contributed by atoms with van der Waals surface area (Å²) < 4.78 is 0. The van der Waals surface area contributed by atoms with E-state index >= 15 is 0 Å². The minimum atomic E-state index is -0.344. The van der Waals surface area contributed by atoms with Gasteiger partial charge in [0, 0.05) is 31.4 Å². The molecule has 3 fully saturated rings. The van der Waals surface area contributed by atoms with Crippen LogP contribution in [0.4, 0.5) is 10.5 Å². The van der Waals surface area contributed by atoms with E-state index in [1.54, 1.807) is 0 Å². The number of para-hydroxylation sites is 1. The fourth-order valence-corrected chi connectivity index (χ4v) is 4.99. The molecule has 0 unspecified atom stereocenters. The van der Waals surface area contributed by atoms with Gasteiger partial charge in [-0.3, -0.25) is 4.79 Å². The van der Waals surface area contributed by atoms with Crippen molar-refractivity contribution < 1.29 is 9.59 Å². The molecular weight excluding hydrogens is 326 g/mol. The van der Waals surface area contributed by atoms with E-state index in [1.807, 2.05) is 35.2 Å². The van der Waals surface area contributed by atoms with Crippen LogP contribution in [-0.4, -0.2) is 47.4 Å². The first-order chi connectivity index (χ1) is 12.7. The molecule has 2 aliphatic heterocycles. The summed E-state index contributed by atoms with van der Waals surface area (Å²) in [6, 6.07) is 9.87. The lowest BCUT2D eigenvalue weighted by Gasteiger charge is -2.44. The molecule has 1 N–H and O–H groups in total. The Labute approximate surface area is 155 Å². The van der Waals surface area contributed by atoms with E-state index in [-0.39, 0.29) is 11.4 Å². The van der Waals surface area contributed by atoms with Crippen molar-refractivity contribution in [2.45, 2.75) is 57.4 Å². The molecule has 1 saturated carbocycles. The van der Waals surface area contributed by atoms with Crippen molar-refractivity contribution in [2.75, 3.05) is 25.0 Å². The predicted molar refractivity (Wildman–Crippen MR) is 102 cm³/mol. The van der Waals surface area contributed by atoms with Crippen molar-refractivity contribution in [3.63, 3.8) is 0 Å². The Hall–Kier alpha value is -2.04. The maximum Gasteiger partial charge on any atom is 0.321 e. The lowest BCUT2D eigenvalue weighted by atomic mass is 9.77. The average molecular weight is 355 g/mol. The highest BCUT2D eigenvalue weighted by Crippen LogP contribution is 2.42. The number of nitrogens with zero attached hydrogens (tertiary/aromatic N) is 2. The molecule has 4 rings (SSSR count). The van der Waals surface area contributed by atoms with Crippen LogP contribution in [0.15, 0.2) is 30.3 Å². The van der Waals surface area contributed by atoms with Crippen LogP contribution < -0.4 is 5.32 Å². The van der Waals surface area contributed by atoms with Crippen LogP contribution in [0.2, 0.25) is 0 Å². The molecular formula is C21H29N3O2. The summed E-state index contributed by atoms with van der Waals surface area (Å²) >= 11 is 0. The first kappa shape index (κ1) is 17.4. The summed E-state index contributed by atoms with van der Waals surface area (Å²) in [5.41, 5.74) is 0.459. The van der Waals surface area contributed by atoms with Crippen LogP contribution >= 0.6 is 0 Å². The largest absolute Gasteiger partial charge is 0.339 e. The highest BCUT2D eigenvalue weighted by molar-refractivity contribution is 5.91. The molecule has 0 radical (unpaired) electrons. The number of benzene rings is 1. The van der Waals surface area contributed by atoms with E-state index in [9.17, 15) is 9.59 Å². The molecule has 2 heterocycles. The van der Waals surface area contributed by atoms with Gasteiger partial charge >= 0.3 is 6.03 Å². The first-order valence-electron chi connectivity index (χ1n) is 10.1. The van der Waals surface area contributed by atoms with Gasteiger partial charge in [0.15, 0.2) is 0 Å². The maximum atomic E-state index is 13.3. The van der Waals surface area contributed by atoms with Crippen molar-refractivity contribution >= 4 is 17.6 Å². The molecule has 1 spiro atoms. The highest BCUT2D eigenvalue weighted by atomic mass is 16.2. The van der Waals surface area contributed by atoms with Crippen molar-refractivity contribution in [3.05, 3.63) is 30.3 Å². The third-order valence-corrected chi connectivity index (χ3v) is 6.45.